The third kappa shape index (κ3) is 6.46. The third-order valence-electron chi connectivity index (χ3n) is 6.15. The molecule has 0 fully saturated rings. The Morgan fingerprint density at radius 1 is 0.914 bits per heavy atom. The first-order valence-electron chi connectivity index (χ1n) is 11.7. The number of hydrogen-bond donors (Lipinski definition) is 1. The van der Waals surface area contributed by atoms with Crippen LogP contribution in [0.4, 0.5) is 0 Å². The highest BCUT2D eigenvalue weighted by molar-refractivity contribution is 7.89. The normalized spacial score (nSPS) is 13.4. The van der Waals surface area contributed by atoms with Crippen molar-refractivity contribution >= 4 is 32.6 Å². The largest absolute Gasteiger partial charge is 0.352 e. The molecular formula is C27H33N3O4S. The Hall–Kier alpha value is -3.23. The Labute approximate surface area is 207 Å². The van der Waals surface area contributed by atoms with Crippen molar-refractivity contribution in [3.63, 3.8) is 0 Å². The van der Waals surface area contributed by atoms with Gasteiger partial charge in [-0.15, -0.1) is 0 Å². The molecule has 1 N–H and O–H groups in total. The van der Waals surface area contributed by atoms with Crippen molar-refractivity contribution < 1.29 is 18.0 Å². The van der Waals surface area contributed by atoms with Gasteiger partial charge in [0.1, 0.15) is 6.04 Å². The van der Waals surface area contributed by atoms with E-state index < -0.39 is 22.0 Å². The molecule has 0 spiro atoms. The molecule has 2 atom stereocenters. The van der Waals surface area contributed by atoms with Gasteiger partial charge in [-0.3, -0.25) is 9.59 Å². The number of benzene rings is 3. The first-order chi connectivity index (χ1) is 16.6. The number of hydrogen-bond acceptors (Lipinski definition) is 4. The second kappa shape index (κ2) is 11.5. The van der Waals surface area contributed by atoms with Crippen LogP contribution < -0.4 is 5.32 Å². The van der Waals surface area contributed by atoms with E-state index in [1.54, 1.807) is 25.1 Å². The average molecular weight is 496 g/mol. The topological polar surface area (TPSA) is 86.8 Å². The SMILES string of the molecule is CC[C@@H](C)NC(=O)[C@H](C)N(Cc1ccccc1)C(=O)CN(C)S(=O)(=O)c1ccc2ccccc2c1. The first-order valence-corrected chi connectivity index (χ1v) is 13.2. The van der Waals surface area contributed by atoms with E-state index in [1.807, 2.05) is 68.4 Å². The molecule has 0 unspecified atom stereocenters. The predicted molar refractivity (Wildman–Crippen MR) is 138 cm³/mol. The Bertz CT molecular complexity index is 1280. The van der Waals surface area contributed by atoms with Crippen molar-refractivity contribution in [1.29, 1.82) is 0 Å². The number of carbonyl (C=O) groups is 2. The minimum atomic E-state index is -3.92. The molecule has 0 heterocycles. The summed E-state index contributed by atoms with van der Waals surface area (Å²) in [6, 6.07) is 20.9. The van der Waals surface area contributed by atoms with Gasteiger partial charge in [0.05, 0.1) is 11.4 Å². The predicted octanol–water partition coefficient (Wildman–Crippen LogP) is 3.79. The Kier molecular flexibility index (Phi) is 8.64. The van der Waals surface area contributed by atoms with Crippen LogP contribution in [0.2, 0.25) is 0 Å². The maximum atomic E-state index is 13.4. The van der Waals surface area contributed by atoms with Crippen molar-refractivity contribution in [3.8, 4) is 0 Å². The summed E-state index contributed by atoms with van der Waals surface area (Å²) in [6.07, 6.45) is 0.762. The Morgan fingerprint density at radius 2 is 1.54 bits per heavy atom. The van der Waals surface area contributed by atoms with Crippen LogP contribution in [0.3, 0.4) is 0 Å². The highest BCUT2D eigenvalue weighted by atomic mass is 32.2. The second-order valence-corrected chi connectivity index (χ2v) is 10.8. The summed E-state index contributed by atoms with van der Waals surface area (Å²) in [5.41, 5.74) is 0.851. The summed E-state index contributed by atoms with van der Waals surface area (Å²) in [6.45, 7) is 5.34. The second-order valence-electron chi connectivity index (χ2n) is 8.77. The molecule has 0 saturated heterocycles. The molecule has 8 heteroatoms. The van der Waals surface area contributed by atoms with Crippen molar-refractivity contribution in [2.75, 3.05) is 13.6 Å². The maximum absolute atomic E-state index is 13.4. The lowest BCUT2D eigenvalue weighted by Gasteiger charge is -2.31. The van der Waals surface area contributed by atoms with Gasteiger partial charge in [-0.25, -0.2) is 8.42 Å². The number of rotatable bonds is 10. The number of nitrogens with zero attached hydrogens (tertiary/aromatic N) is 2. The fourth-order valence-corrected chi connectivity index (χ4v) is 4.86. The minimum Gasteiger partial charge on any atom is -0.352 e. The molecule has 7 nitrogen and oxygen atoms in total. The van der Waals surface area contributed by atoms with Crippen molar-refractivity contribution in [2.24, 2.45) is 0 Å². The van der Waals surface area contributed by atoms with E-state index in [4.69, 9.17) is 0 Å². The van der Waals surface area contributed by atoms with Gasteiger partial charge in [0.25, 0.3) is 0 Å². The molecule has 2 amide bonds. The van der Waals surface area contributed by atoms with Crippen molar-refractivity contribution in [2.45, 2.75) is 50.7 Å². The number of nitrogens with one attached hydrogen (secondary N) is 1. The van der Waals surface area contributed by atoms with Gasteiger partial charge >= 0.3 is 0 Å². The molecule has 0 radical (unpaired) electrons. The first kappa shape index (κ1) is 26.4. The van der Waals surface area contributed by atoms with Crippen LogP contribution in [-0.4, -0.2) is 55.1 Å². The Balaban J connectivity index is 1.83. The van der Waals surface area contributed by atoms with E-state index in [0.717, 1.165) is 27.1 Å². The van der Waals surface area contributed by atoms with Gasteiger partial charge in [0.15, 0.2) is 0 Å². The standard InChI is InChI=1S/C27H33N3O4S/c1-5-20(2)28-27(32)21(3)30(18-22-11-7-6-8-12-22)26(31)19-29(4)35(33,34)25-16-15-23-13-9-10-14-24(23)17-25/h6-17,20-21H,5,18-19H2,1-4H3,(H,28,32)/t20-,21+/m1/s1. The summed E-state index contributed by atoms with van der Waals surface area (Å²) >= 11 is 0. The van der Waals surface area contributed by atoms with E-state index in [-0.39, 0.29) is 29.9 Å². The van der Waals surface area contributed by atoms with Crippen LogP contribution in [0, 0.1) is 0 Å². The molecule has 0 aliphatic carbocycles. The summed E-state index contributed by atoms with van der Waals surface area (Å²) < 4.78 is 27.6. The summed E-state index contributed by atoms with van der Waals surface area (Å²) in [5.74, 6) is -0.726. The number of sulfonamides is 1. The van der Waals surface area contributed by atoms with Crippen molar-refractivity contribution in [1.82, 2.24) is 14.5 Å². The van der Waals surface area contributed by atoms with Crippen LogP contribution in [0.25, 0.3) is 10.8 Å². The van der Waals surface area contributed by atoms with Gasteiger partial charge < -0.3 is 10.2 Å². The lowest BCUT2D eigenvalue weighted by Crippen LogP contribution is -2.51. The van der Waals surface area contributed by atoms with Gasteiger partial charge in [0.2, 0.25) is 21.8 Å². The zero-order valence-electron chi connectivity index (χ0n) is 20.6. The number of amides is 2. The zero-order valence-corrected chi connectivity index (χ0v) is 21.5. The molecule has 3 rings (SSSR count). The van der Waals surface area contributed by atoms with E-state index >= 15 is 0 Å². The smallest absolute Gasteiger partial charge is 0.243 e. The monoisotopic (exact) mass is 495 g/mol. The fraction of sp³-hybridized carbons (Fsp3) is 0.333. The van der Waals surface area contributed by atoms with Gasteiger partial charge in [-0.1, -0.05) is 67.6 Å². The van der Waals surface area contributed by atoms with Gasteiger partial charge in [-0.2, -0.15) is 4.31 Å². The van der Waals surface area contributed by atoms with Crippen LogP contribution in [0.15, 0.2) is 77.7 Å². The third-order valence-corrected chi connectivity index (χ3v) is 7.95. The Morgan fingerprint density at radius 3 is 2.20 bits per heavy atom. The van der Waals surface area contributed by atoms with Crippen molar-refractivity contribution in [3.05, 3.63) is 78.4 Å². The van der Waals surface area contributed by atoms with E-state index in [2.05, 4.69) is 5.32 Å². The van der Waals surface area contributed by atoms with Gasteiger partial charge in [0, 0.05) is 19.6 Å². The summed E-state index contributed by atoms with van der Waals surface area (Å²) in [5, 5.41) is 4.64. The number of carbonyl (C=O) groups excluding carboxylic acids is 2. The molecule has 35 heavy (non-hydrogen) atoms. The summed E-state index contributed by atoms with van der Waals surface area (Å²) in [4.78, 5) is 27.8. The number of fused-ring (bicyclic) bond motifs is 1. The highest BCUT2D eigenvalue weighted by Crippen LogP contribution is 2.21. The molecular weight excluding hydrogens is 462 g/mol. The quantitative estimate of drug-likeness (QED) is 0.464. The molecule has 0 aliphatic rings. The zero-order chi connectivity index (χ0) is 25.6. The molecule has 186 valence electrons. The minimum absolute atomic E-state index is 0.0328. The highest BCUT2D eigenvalue weighted by Gasteiger charge is 2.30. The molecule has 3 aromatic rings. The molecule has 0 aliphatic heterocycles. The van der Waals surface area contributed by atoms with Crippen LogP contribution in [0.5, 0.6) is 0 Å². The maximum Gasteiger partial charge on any atom is 0.243 e. The van der Waals surface area contributed by atoms with Crippen LogP contribution >= 0.6 is 0 Å². The van der Waals surface area contributed by atoms with Gasteiger partial charge in [-0.05, 0) is 48.7 Å². The van der Waals surface area contributed by atoms with E-state index in [0.29, 0.717) is 0 Å². The van der Waals surface area contributed by atoms with Crippen LogP contribution in [-0.2, 0) is 26.2 Å². The molecule has 0 aromatic heterocycles. The molecule has 0 saturated carbocycles. The lowest BCUT2D eigenvalue weighted by atomic mass is 10.1. The van der Waals surface area contributed by atoms with E-state index in [1.165, 1.54) is 11.9 Å². The van der Waals surface area contributed by atoms with Crippen LogP contribution in [0.1, 0.15) is 32.8 Å². The molecule has 0 bridgehead atoms. The van der Waals surface area contributed by atoms with E-state index in [9.17, 15) is 18.0 Å². The average Bonchev–Trinajstić information content (AvgIpc) is 2.86. The fourth-order valence-electron chi connectivity index (χ4n) is 3.70. The number of likely N-dealkylation sites (N-methyl/N-ethyl adjacent to an activating group) is 1. The molecule has 3 aromatic carbocycles. The lowest BCUT2D eigenvalue weighted by molar-refractivity contribution is -0.140. The summed E-state index contributed by atoms with van der Waals surface area (Å²) in [7, 11) is -2.53.